The summed E-state index contributed by atoms with van der Waals surface area (Å²) in [5.41, 5.74) is 1.48. The highest BCUT2D eigenvalue weighted by atomic mass is 15.2. The third-order valence-corrected chi connectivity index (χ3v) is 2.03. The Morgan fingerprint density at radius 3 is 2.93 bits per heavy atom. The second-order valence-corrected chi connectivity index (χ2v) is 2.99. The summed E-state index contributed by atoms with van der Waals surface area (Å²) in [5, 5.41) is 7.68. The number of aromatic nitrogens is 5. The molecule has 0 spiro atoms. The van der Waals surface area contributed by atoms with Crippen molar-refractivity contribution in [3.05, 3.63) is 43.1 Å². The van der Waals surface area contributed by atoms with Crippen LogP contribution in [0.3, 0.4) is 0 Å². The summed E-state index contributed by atoms with van der Waals surface area (Å²) < 4.78 is 1.78. The molecule has 3 heterocycles. The van der Waals surface area contributed by atoms with Gasteiger partial charge in [-0.3, -0.25) is 4.40 Å². The van der Waals surface area contributed by atoms with Crippen LogP contribution in [0.15, 0.2) is 37.1 Å². The molecular formula is C10H6N5. The first-order chi connectivity index (χ1) is 7.43. The molecule has 0 saturated heterocycles. The monoisotopic (exact) mass is 196 g/mol. The van der Waals surface area contributed by atoms with Gasteiger partial charge in [-0.25, -0.2) is 9.97 Å². The van der Waals surface area contributed by atoms with Crippen LogP contribution >= 0.6 is 0 Å². The van der Waals surface area contributed by atoms with Crippen molar-refractivity contribution in [2.75, 3.05) is 0 Å². The summed E-state index contributed by atoms with van der Waals surface area (Å²) in [4.78, 5) is 8.28. The van der Waals surface area contributed by atoms with Gasteiger partial charge in [-0.2, -0.15) is 0 Å². The van der Waals surface area contributed by atoms with E-state index in [1.165, 1.54) is 0 Å². The molecule has 15 heavy (non-hydrogen) atoms. The molecule has 0 aliphatic heterocycles. The lowest BCUT2D eigenvalue weighted by Gasteiger charge is -1.98. The Hall–Kier alpha value is -2.30. The summed E-state index contributed by atoms with van der Waals surface area (Å²) in [7, 11) is 0. The number of hydrogen-bond acceptors (Lipinski definition) is 4. The van der Waals surface area contributed by atoms with E-state index in [1.54, 1.807) is 29.2 Å². The van der Waals surface area contributed by atoms with Crippen molar-refractivity contribution >= 4 is 5.65 Å². The van der Waals surface area contributed by atoms with E-state index >= 15 is 0 Å². The molecule has 0 N–H and O–H groups in total. The smallest absolute Gasteiger partial charge is 0.169 e. The predicted molar refractivity (Wildman–Crippen MR) is 52.8 cm³/mol. The average Bonchev–Trinajstić information content (AvgIpc) is 2.77. The first kappa shape index (κ1) is 8.05. The molecule has 0 bridgehead atoms. The molecule has 0 saturated carbocycles. The SMILES string of the molecule is [c]1c(-c2ncccn2)ccn2cnnc12. The lowest BCUT2D eigenvalue weighted by Crippen LogP contribution is -1.89. The van der Waals surface area contributed by atoms with E-state index < -0.39 is 0 Å². The van der Waals surface area contributed by atoms with Crippen molar-refractivity contribution in [3.63, 3.8) is 0 Å². The number of fused-ring (bicyclic) bond motifs is 1. The van der Waals surface area contributed by atoms with Gasteiger partial charge < -0.3 is 0 Å². The molecule has 0 atom stereocenters. The second-order valence-electron chi connectivity index (χ2n) is 2.99. The summed E-state index contributed by atoms with van der Waals surface area (Å²) in [6.45, 7) is 0. The maximum atomic E-state index is 4.14. The Morgan fingerprint density at radius 1 is 1.20 bits per heavy atom. The zero-order valence-electron chi connectivity index (χ0n) is 7.70. The van der Waals surface area contributed by atoms with Gasteiger partial charge in [0.05, 0.1) is 0 Å². The Labute approximate surface area is 85.5 Å². The third kappa shape index (κ3) is 1.34. The molecule has 0 fully saturated rings. The van der Waals surface area contributed by atoms with Gasteiger partial charge in [-0.15, -0.1) is 10.2 Å². The van der Waals surface area contributed by atoms with Crippen LogP contribution < -0.4 is 0 Å². The molecule has 1 radical (unpaired) electrons. The Balaban J connectivity index is 2.19. The maximum absolute atomic E-state index is 4.14. The lowest BCUT2D eigenvalue weighted by molar-refractivity contribution is 1.10. The zero-order valence-corrected chi connectivity index (χ0v) is 7.70. The van der Waals surface area contributed by atoms with Gasteiger partial charge in [0.2, 0.25) is 0 Å². The fraction of sp³-hybridized carbons (Fsp3) is 0. The number of hydrogen-bond donors (Lipinski definition) is 0. The van der Waals surface area contributed by atoms with E-state index in [0.29, 0.717) is 11.5 Å². The van der Waals surface area contributed by atoms with E-state index in [4.69, 9.17) is 0 Å². The van der Waals surface area contributed by atoms with Crippen LogP contribution in [0.25, 0.3) is 17.0 Å². The lowest BCUT2D eigenvalue weighted by atomic mass is 10.2. The summed E-state index contributed by atoms with van der Waals surface area (Å²) in [6.07, 6.45) is 6.88. The van der Waals surface area contributed by atoms with Gasteiger partial charge in [-0.05, 0) is 12.1 Å². The number of pyridine rings is 1. The summed E-state index contributed by atoms with van der Waals surface area (Å²) >= 11 is 0. The first-order valence-corrected chi connectivity index (χ1v) is 4.42. The molecule has 71 valence electrons. The van der Waals surface area contributed by atoms with Gasteiger partial charge >= 0.3 is 0 Å². The molecule has 0 aliphatic rings. The van der Waals surface area contributed by atoms with Gasteiger partial charge in [0, 0.05) is 30.2 Å². The van der Waals surface area contributed by atoms with Crippen molar-refractivity contribution in [1.29, 1.82) is 0 Å². The molecular weight excluding hydrogens is 190 g/mol. The molecule has 0 amide bonds. The normalized spacial score (nSPS) is 10.7. The van der Waals surface area contributed by atoms with Crippen molar-refractivity contribution in [2.24, 2.45) is 0 Å². The van der Waals surface area contributed by atoms with Crippen LogP contribution in [-0.2, 0) is 0 Å². The van der Waals surface area contributed by atoms with Gasteiger partial charge in [-0.1, -0.05) is 0 Å². The van der Waals surface area contributed by atoms with Crippen LogP contribution in [-0.4, -0.2) is 24.6 Å². The molecule has 0 unspecified atom stereocenters. The second kappa shape index (κ2) is 3.13. The molecule has 5 nitrogen and oxygen atoms in total. The van der Waals surface area contributed by atoms with Gasteiger partial charge in [0.1, 0.15) is 6.33 Å². The van der Waals surface area contributed by atoms with Crippen LogP contribution in [0, 0.1) is 6.07 Å². The quantitative estimate of drug-likeness (QED) is 0.582. The Morgan fingerprint density at radius 2 is 2.07 bits per heavy atom. The van der Waals surface area contributed by atoms with Crippen LogP contribution in [0.2, 0.25) is 0 Å². The summed E-state index contributed by atoms with van der Waals surface area (Å²) in [5.74, 6) is 0.642. The molecule has 5 heteroatoms. The average molecular weight is 196 g/mol. The number of rotatable bonds is 1. The molecule has 0 aromatic carbocycles. The van der Waals surface area contributed by atoms with Crippen molar-refractivity contribution in [3.8, 4) is 11.4 Å². The van der Waals surface area contributed by atoms with Crippen molar-refractivity contribution in [2.45, 2.75) is 0 Å². The molecule has 3 aromatic heterocycles. The van der Waals surface area contributed by atoms with E-state index in [1.807, 2.05) is 12.3 Å². The number of nitrogens with zero attached hydrogens (tertiary/aromatic N) is 5. The minimum Gasteiger partial charge on any atom is -0.288 e. The van der Waals surface area contributed by atoms with Crippen LogP contribution in [0.1, 0.15) is 0 Å². The highest BCUT2D eigenvalue weighted by Gasteiger charge is 2.02. The standard InChI is InChI=1S/C10H6N5/c1-3-11-10(12-4-1)8-2-5-15-7-13-14-9(15)6-8/h1-5,7H. The van der Waals surface area contributed by atoms with E-state index in [2.05, 4.69) is 26.2 Å². The Kier molecular flexibility index (Phi) is 1.68. The molecule has 0 aliphatic carbocycles. The van der Waals surface area contributed by atoms with Gasteiger partial charge in [0.15, 0.2) is 11.5 Å². The first-order valence-electron chi connectivity index (χ1n) is 4.42. The topological polar surface area (TPSA) is 56.0 Å². The molecule has 3 aromatic rings. The van der Waals surface area contributed by atoms with E-state index in [-0.39, 0.29) is 0 Å². The van der Waals surface area contributed by atoms with Crippen molar-refractivity contribution < 1.29 is 0 Å². The van der Waals surface area contributed by atoms with Crippen LogP contribution in [0.4, 0.5) is 0 Å². The van der Waals surface area contributed by atoms with E-state index in [0.717, 1.165) is 5.56 Å². The highest BCUT2D eigenvalue weighted by molar-refractivity contribution is 5.58. The maximum Gasteiger partial charge on any atom is 0.169 e. The minimum atomic E-state index is 0.642. The summed E-state index contributed by atoms with van der Waals surface area (Å²) in [6, 6.07) is 6.74. The fourth-order valence-corrected chi connectivity index (χ4v) is 1.33. The predicted octanol–water partition coefficient (Wildman–Crippen LogP) is 0.986. The Bertz CT molecular complexity index is 587. The zero-order chi connectivity index (χ0) is 10.1. The molecule has 3 rings (SSSR count). The largest absolute Gasteiger partial charge is 0.288 e. The third-order valence-electron chi connectivity index (χ3n) is 2.03. The minimum absolute atomic E-state index is 0.642. The van der Waals surface area contributed by atoms with Crippen LogP contribution in [0.5, 0.6) is 0 Å². The van der Waals surface area contributed by atoms with Gasteiger partial charge in [0.25, 0.3) is 0 Å². The fourth-order valence-electron chi connectivity index (χ4n) is 1.33. The van der Waals surface area contributed by atoms with E-state index in [9.17, 15) is 0 Å². The van der Waals surface area contributed by atoms with Crippen molar-refractivity contribution in [1.82, 2.24) is 24.6 Å². The highest BCUT2D eigenvalue weighted by Crippen LogP contribution is 2.13.